The molecule has 1 aliphatic rings. The summed E-state index contributed by atoms with van der Waals surface area (Å²) in [4.78, 5) is 0. The molecule has 40 heavy (non-hydrogen) atoms. The highest BCUT2D eigenvalue weighted by Crippen LogP contribution is 2.48. The number of para-hydroxylation sites is 2. The monoisotopic (exact) mass is 509 g/mol. The topological polar surface area (TPSA) is 14.2 Å². The van der Waals surface area contributed by atoms with Crippen molar-refractivity contribution in [2.24, 2.45) is 0 Å². The molecule has 0 bridgehead atoms. The maximum atomic E-state index is 6.36. The molecule has 0 atom stereocenters. The predicted molar refractivity (Wildman–Crippen MR) is 167 cm³/mol. The first-order chi connectivity index (χ1) is 19.8. The molecule has 2 heterocycles. The first-order valence-corrected chi connectivity index (χ1v) is 13.7. The number of fused-ring (bicyclic) bond motifs is 7. The lowest BCUT2D eigenvalue weighted by Gasteiger charge is -2.22. The summed E-state index contributed by atoms with van der Waals surface area (Å²) in [6, 6.07) is 50.1. The van der Waals surface area contributed by atoms with E-state index >= 15 is 0 Å². The van der Waals surface area contributed by atoms with E-state index in [1.807, 2.05) is 12.1 Å². The fraction of sp³-hybridized carbons (Fsp3) is 0. The predicted octanol–water partition coefficient (Wildman–Crippen LogP) is 10.5. The van der Waals surface area contributed by atoms with Gasteiger partial charge in [-0.3, -0.25) is 0 Å². The molecule has 0 N–H and O–H groups in total. The molecular weight excluding hydrogens is 486 g/mol. The van der Waals surface area contributed by atoms with Crippen LogP contribution in [0.15, 0.2) is 140 Å². The smallest absolute Gasteiger partial charge is 0.135 e. The molecule has 0 saturated carbocycles. The van der Waals surface area contributed by atoms with Gasteiger partial charge in [-0.2, -0.15) is 0 Å². The van der Waals surface area contributed by atoms with Crippen molar-refractivity contribution >= 4 is 43.4 Å². The Balaban J connectivity index is 1.32. The number of ether oxygens (including phenoxy) is 1. The highest BCUT2D eigenvalue weighted by molar-refractivity contribution is 6.18. The molecule has 186 valence electrons. The van der Waals surface area contributed by atoms with Gasteiger partial charge in [0.15, 0.2) is 0 Å². The van der Waals surface area contributed by atoms with Gasteiger partial charge in [0, 0.05) is 32.8 Å². The minimum atomic E-state index is 0.913. The SMILES string of the molecule is c1cc(-c2ccc3c4c(cccc24)-c2ccccc2O3)cc(-n2c3ccccc3c3ccc4ccccc4c32)c1. The first-order valence-electron chi connectivity index (χ1n) is 13.7. The van der Waals surface area contributed by atoms with E-state index in [0.717, 1.165) is 22.7 Å². The van der Waals surface area contributed by atoms with Crippen LogP contribution in [0.2, 0.25) is 0 Å². The Morgan fingerprint density at radius 3 is 2.20 bits per heavy atom. The third kappa shape index (κ3) is 2.93. The fourth-order valence-electron chi connectivity index (χ4n) is 6.64. The van der Waals surface area contributed by atoms with Gasteiger partial charge < -0.3 is 9.30 Å². The van der Waals surface area contributed by atoms with Gasteiger partial charge in [0.1, 0.15) is 11.5 Å². The average molecular weight is 510 g/mol. The molecule has 0 aliphatic carbocycles. The second kappa shape index (κ2) is 8.08. The average Bonchev–Trinajstić information content (AvgIpc) is 3.36. The van der Waals surface area contributed by atoms with Crippen LogP contribution >= 0.6 is 0 Å². The number of hydrogen-bond acceptors (Lipinski definition) is 1. The van der Waals surface area contributed by atoms with Gasteiger partial charge in [0.2, 0.25) is 0 Å². The molecule has 7 aromatic carbocycles. The van der Waals surface area contributed by atoms with Crippen molar-refractivity contribution in [2.45, 2.75) is 0 Å². The molecule has 0 radical (unpaired) electrons. The summed E-state index contributed by atoms with van der Waals surface area (Å²) in [5, 5.41) is 7.43. The molecule has 1 aliphatic heterocycles. The van der Waals surface area contributed by atoms with Gasteiger partial charge in [-0.25, -0.2) is 0 Å². The zero-order chi connectivity index (χ0) is 26.2. The van der Waals surface area contributed by atoms with Gasteiger partial charge in [-0.15, -0.1) is 0 Å². The third-order valence-corrected chi connectivity index (χ3v) is 8.37. The normalized spacial score (nSPS) is 12.2. The van der Waals surface area contributed by atoms with Gasteiger partial charge in [-0.05, 0) is 57.8 Å². The van der Waals surface area contributed by atoms with E-state index < -0.39 is 0 Å². The van der Waals surface area contributed by atoms with E-state index in [1.165, 1.54) is 60.0 Å². The minimum Gasteiger partial charge on any atom is -0.456 e. The van der Waals surface area contributed by atoms with Crippen LogP contribution in [0.5, 0.6) is 11.5 Å². The maximum Gasteiger partial charge on any atom is 0.135 e. The second-order valence-electron chi connectivity index (χ2n) is 10.5. The van der Waals surface area contributed by atoms with Crippen LogP contribution in [-0.2, 0) is 0 Å². The Bertz CT molecular complexity index is 2310. The number of nitrogens with zero attached hydrogens (tertiary/aromatic N) is 1. The largest absolute Gasteiger partial charge is 0.456 e. The number of aromatic nitrogens is 1. The summed E-state index contributed by atoms with van der Waals surface area (Å²) >= 11 is 0. The van der Waals surface area contributed by atoms with Gasteiger partial charge in [0.25, 0.3) is 0 Å². The molecule has 0 spiro atoms. The summed E-state index contributed by atoms with van der Waals surface area (Å²) in [6.45, 7) is 0. The van der Waals surface area contributed by atoms with Crippen LogP contribution in [0, 0.1) is 0 Å². The summed E-state index contributed by atoms with van der Waals surface area (Å²) in [5.41, 5.74) is 8.38. The van der Waals surface area contributed by atoms with Crippen molar-refractivity contribution in [3.05, 3.63) is 140 Å². The number of rotatable bonds is 2. The molecular formula is C38H23NO. The highest BCUT2D eigenvalue weighted by Gasteiger charge is 2.21. The van der Waals surface area contributed by atoms with Crippen LogP contribution in [0.3, 0.4) is 0 Å². The van der Waals surface area contributed by atoms with E-state index in [9.17, 15) is 0 Å². The molecule has 0 amide bonds. The molecule has 2 nitrogen and oxygen atoms in total. The van der Waals surface area contributed by atoms with Crippen LogP contribution in [0.1, 0.15) is 0 Å². The molecule has 0 saturated heterocycles. The van der Waals surface area contributed by atoms with E-state index in [4.69, 9.17) is 4.74 Å². The van der Waals surface area contributed by atoms with Crippen LogP contribution in [0.25, 0.3) is 71.3 Å². The molecule has 8 aromatic rings. The molecule has 2 heteroatoms. The van der Waals surface area contributed by atoms with E-state index in [-0.39, 0.29) is 0 Å². The third-order valence-electron chi connectivity index (χ3n) is 8.37. The Labute approximate surface area is 231 Å². The Kier molecular flexibility index (Phi) is 4.36. The quantitative estimate of drug-likeness (QED) is 0.226. The summed E-state index contributed by atoms with van der Waals surface area (Å²) < 4.78 is 8.79. The molecule has 1 aromatic heterocycles. The van der Waals surface area contributed by atoms with Crippen molar-refractivity contribution < 1.29 is 4.74 Å². The second-order valence-corrected chi connectivity index (χ2v) is 10.5. The lowest BCUT2D eigenvalue weighted by Crippen LogP contribution is -1.98. The van der Waals surface area contributed by atoms with E-state index in [0.29, 0.717) is 0 Å². The Hall–Kier alpha value is -5.34. The number of benzene rings is 7. The van der Waals surface area contributed by atoms with Crippen molar-refractivity contribution in [2.75, 3.05) is 0 Å². The van der Waals surface area contributed by atoms with Crippen molar-refractivity contribution in [3.63, 3.8) is 0 Å². The molecule has 0 fully saturated rings. The van der Waals surface area contributed by atoms with Gasteiger partial charge in [-0.1, -0.05) is 109 Å². The Morgan fingerprint density at radius 1 is 0.450 bits per heavy atom. The van der Waals surface area contributed by atoms with Crippen molar-refractivity contribution in [3.8, 4) is 39.4 Å². The standard InChI is InChI=1S/C38H23NO/c1-2-12-28-24(9-1)19-20-33-29-13-3-5-17-34(29)39(38(28)33)26-11-7-10-25(23-26)27-21-22-36-37-31(27)15-8-16-32(37)30-14-4-6-18-35(30)40-36/h1-23H. The van der Waals surface area contributed by atoms with E-state index in [2.05, 4.69) is 132 Å². The van der Waals surface area contributed by atoms with Crippen LogP contribution in [-0.4, -0.2) is 4.57 Å². The molecule has 0 unspecified atom stereocenters. The summed E-state index contributed by atoms with van der Waals surface area (Å²) in [7, 11) is 0. The zero-order valence-electron chi connectivity index (χ0n) is 21.6. The highest BCUT2D eigenvalue weighted by atomic mass is 16.5. The van der Waals surface area contributed by atoms with E-state index in [1.54, 1.807) is 0 Å². The maximum absolute atomic E-state index is 6.36. The Morgan fingerprint density at radius 2 is 1.23 bits per heavy atom. The van der Waals surface area contributed by atoms with Crippen LogP contribution in [0.4, 0.5) is 0 Å². The fourth-order valence-corrected chi connectivity index (χ4v) is 6.64. The van der Waals surface area contributed by atoms with Crippen molar-refractivity contribution in [1.29, 1.82) is 0 Å². The lowest BCUT2D eigenvalue weighted by molar-refractivity contribution is 0.487. The minimum absolute atomic E-state index is 0.913. The number of hydrogen-bond donors (Lipinski definition) is 0. The van der Waals surface area contributed by atoms with Crippen molar-refractivity contribution in [1.82, 2.24) is 4.57 Å². The van der Waals surface area contributed by atoms with Gasteiger partial charge in [0.05, 0.1) is 11.0 Å². The summed E-state index contributed by atoms with van der Waals surface area (Å²) in [6.07, 6.45) is 0. The first kappa shape index (κ1) is 21.6. The summed E-state index contributed by atoms with van der Waals surface area (Å²) in [5.74, 6) is 1.83. The van der Waals surface area contributed by atoms with Gasteiger partial charge >= 0.3 is 0 Å². The zero-order valence-corrected chi connectivity index (χ0v) is 21.6. The lowest BCUT2D eigenvalue weighted by atomic mass is 9.90. The van der Waals surface area contributed by atoms with Crippen LogP contribution < -0.4 is 4.74 Å². The molecule has 9 rings (SSSR count).